The van der Waals surface area contributed by atoms with E-state index in [4.69, 9.17) is 18.9 Å². The van der Waals surface area contributed by atoms with E-state index in [1.165, 1.54) is 19.9 Å². The van der Waals surface area contributed by atoms with Crippen LogP contribution in [0.15, 0.2) is 36.4 Å². The van der Waals surface area contributed by atoms with Crippen molar-refractivity contribution in [3.05, 3.63) is 42.0 Å². The molecule has 2 rings (SSSR count). The number of cyclic esters (lactones) is 1. The fourth-order valence-electron chi connectivity index (χ4n) is 1.90. The number of ether oxygens (including phenoxy) is 4. The fourth-order valence-corrected chi connectivity index (χ4v) is 1.90. The Morgan fingerprint density at radius 2 is 1.57 bits per heavy atom. The lowest BCUT2D eigenvalue weighted by Gasteiger charge is -2.35. The predicted octanol–water partition coefficient (Wildman–Crippen LogP) is 1.42. The molecule has 7 heteroatoms. The largest absolute Gasteiger partial charge is 0.457 e. The highest BCUT2D eigenvalue weighted by molar-refractivity contribution is 5.91. The number of carbonyl (C=O) groups excluding carboxylic acids is 3. The van der Waals surface area contributed by atoms with Gasteiger partial charge < -0.3 is 18.9 Å². The molecule has 0 radical (unpaired) electrons. The molecule has 0 atom stereocenters. The number of hydrogen-bond acceptors (Lipinski definition) is 7. The van der Waals surface area contributed by atoms with E-state index >= 15 is 0 Å². The summed E-state index contributed by atoms with van der Waals surface area (Å²) in [6, 6.07) is 8.86. The summed E-state index contributed by atoms with van der Waals surface area (Å²) < 4.78 is 20.6. The van der Waals surface area contributed by atoms with Gasteiger partial charge in [-0.2, -0.15) is 0 Å². The van der Waals surface area contributed by atoms with Gasteiger partial charge >= 0.3 is 23.7 Å². The zero-order chi connectivity index (χ0) is 16.9. The van der Waals surface area contributed by atoms with Crippen molar-refractivity contribution in [1.29, 1.82) is 0 Å². The van der Waals surface area contributed by atoms with E-state index in [9.17, 15) is 14.4 Å². The molecular weight excluding hydrogens is 304 g/mol. The van der Waals surface area contributed by atoms with E-state index in [0.717, 1.165) is 0 Å². The van der Waals surface area contributed by atoms with Gasteiger partial charge in [0.2, 0.25) is 0 Å². The van der Waals surface area contributed by atoms with Gasteiger partial charge in [-0.25, -0.2) is 4.79 Å². The zero-order valence-corrected chi connectivity index (χ0v) is 12.7. The van der Waals surface area contributed by atoms with Gasteiger partial charge in [0.15, 0.2) is 13.2 Å². The quantitative estimate of drug-likeness (QED) is 0.599. The Morgan fingerprint density at radius 1 is 1.00 bits per heavy atom. The Morgan fingerprint density at radius 3 is 2.09 bits per heavy atom. The molecule has 0 saturated carbocycles. The summed E-state index contributed by atoms with van der Waals surface area (Å²) >= 11 is 0. The molecule has 0 N–H and O–H groups in total. The third-order valence-corrected chi connectivity index (χ3v) is 2.88. The molecule has 1 aliphatic rings. The molecule has 0 spiro atoms. The fraction of sp³-hybridized carbons (Fsp3) is 0.312. The Kier molecular flexibility index (Phi) is 5.00. The molecule has 1 heterocycles. The molecule has 122 valence electrons. The Hall–Kier alpha value is -2.83. The SMILES string of the molecule is CC(=O)OCC1(COC(C)=O)OC(=O)C=C(c2ccccc2)O1. The standard InChI is InChI=1S/C16H16O7/c1-11(17)20-9-16(10-21-12(2)18)22-14(8-15(19)23-16)13-6-4-3-5-7-13/h3-8H,9-10H2,1-2H3. The van der Waals surface area contributed by atoms with Crippen LogP contribution < -0.4 is 0 Å². The first-order valence-corrected chi connectivity index (χ1v) is 6.86. The van der Waals surface area contributed by atoms with Crippen LogP contribution in [0.4, 0.5) is 0 Å². The van der Waals surface area contributed by atoms with Crippen molar-refractivity contribution in [2.75, 3.05) is 13.2 Å². The zero-order valence-electron chi connectivity index (χ0n) is 12.7. The highest BCUT2D eigenvalue weighted by Crippen LogP contribution is 2.30. The van der Waals surface area contributed by atoms with Crippen LogP contribution in [0, 0.1) is 0 Å². The number of benzene rings is 1. The summed E-state index contributed by atoms with van der Waals surface area (Å²) in [6.07, 6.45) is 1.18. The van der Waals surface area contributed by atoms with Crippen molar-refractivity contribution in [2.45, 2.75) is 19.6 Å². The summed E-state index contributed by atoms with van der Waals surface area (Å²) in [7, 11) is 0. The van der Waals surface area contributed by atoms with Crippen LogP contribution in [0.25, 0.3) is 5.76 Å². The summed E-state index contributed by atoms with van der Waals surface area (Å²) in [5, 5.41) is 0. The van der Waals surface area contributed by atoms with Crippen LogP contribution in [0.2, 0.25) is 0 Å². The molecule has 23 heavy (non-hydrogen) atoms. The summed E-state index contributed by atoms with van der Waals surface area (Å²) in [4.78, 5) is 34.0. The summed E-state index contributed by atoms with van der Waals surface area (Å²) in [5.74, 6) is -3.32. The van der Waals surface area contributed by atoms with Crippen LogP contribution in [0.5, 0.6) is 0 Å². The first-order valence-electron chi connectivity index (χ1n) is 6.86. The normalized spacial score (nSPS) is 15.7. The second-order valence-corrected chi connectivity index (χ2v) is 4.87. The van der Waals surface area contributed by atoms with E-state index in [1.807, 2.05) is 6.07 Å². The van der Waals surface area contributed by atoms with Gasteiger partial charge in [-0.15, -0.1) is 0 Å². The first kappa shape index (κ1) is 16.5. The Balaban J connectivity index is 2.27. The van der Waals surface area contributed by atoms with Crippen molar-refractivity contribution in [1.82, 2.24) is 0 Å². The van der Waals surface area contributed by atoms with Crippen LogP contribution in [-0.4, -0.2) is 36.9 Å². The maximum absolute atomic E-state index is 11.9. The summed E-state index contributed by atoms with van der Waals surface area (Å²) in [5.41, 5.74) is 0.638. The van der Waals surface area contributed by atoms with E-state index < -0.39 is 36.9 Å². The third kappa shape index (κ3) is 4.57. The van der Waals surface area contributed by atoms with Crippen molar-refractivity contribution >= 4 is 23.7 Å². The van der Waals surface area contributed by atoms with Gasteiger partial charge in [0.1, 0.15) is 5.76 Å². The van der Waals surface area contributed by atoms with Gasteiger partial charge in [0.05, 0.1) is 6.08 Å². The number of hydrogen-bond donors (Lipinski definition) is 0. The van der Waals surface area contributed by atoms with Gasteiger partial charge in [0.25, 0.3) is 0 Å². The Bertz CT molecular complexity index is 615. The van der Waals surface area contributed by atoms with Gasteiger partial charge in [-0.05, 0) is 0 Å². The van der Waals surface area contributed by atoms with Crippen LogP contribution >= 0.6 is 0 Å². The molecule has 1 aromatic rings. The molecule has 0 aromatic heterocycles. The van der Waals surface area contributed by atoms with Gasteiger partial charge in [-0.1, -0.05) is 30.3 Å². The maximum atomic E-state index is 11.9. The molecule has 0 amide bonds. The van der Waals surface area contributed by atoms with Crippen LogP contribution in [0.1, 0.15) is 19.4 Å². The third-order valence-electron chi connectivity index (χ3n) is 2.88. The van der Waals surface area contributed by atoms with Crippen molar-refractivity contribution in [2.24, 2.45) is 0 Å². The Labute approximate surface area is 132 Å². The molecule has 0 aliphatic carbocycles. The topological polar surface area (TPSA) is 88.1 Å². The number of rotatable bonds is 5. The minimum atomic E-state index is -1.71. The van der Waals surface area contributed by atoms with E-state index in [-0.39, 0.29) is 5.76 Å². The van der Waals surface area contributed by atoms with E-state index in [2.05, 4.69) is 0 Å². The second-order valence-electron chi connectivity index (χ2n) is 4.87. The first-order chi connectivity index (χ1) is 10.9. The molecule has 1 aromatic carbocycles. The van der Waals surface area contributed by atoms with Crippen molar-refractivity contribution in [3.63, 3.8) is 0 Å². The molecule has 0 unspecified atom stereocenters. The lowest BCUT2D eigenvalue weighted by Crippen LogP contribution is -2.49. The maximum Gasteiger partial charge on any atom is 0.338 e. The number of carbonyl (C=O) groups is 3. The average Bonchev–Trinajstić information content (AvgIpc) is 2.52. The molecule has 0 fully saturated rings. The minimum Gasteiger partial charge on any atom is -0.457 e. The predicted molar refractivity (Wildman–Crippen MR) is 77.6 cm³/mol. The molecule has 7 nitrogen and oxygen atoms in total. The van der Waals surface area contributed by atoms with Crippen molar-refractivity contribution < 1.29 is 33.3 Å². The average molecular weight is 320 g/mol. The van der Waals surface area contributed by atoms with E-state index in [0.29, 0.717) is 5.56 Å². The molecule has 0 bridgehead atoms. The molecule has 1 aliphatic heterocycles. The monoisotopic (exact) mass is 320 g/mol. The van der Waals surface area contributed by atoms with Crippen LogP contribution in [-0.2, 0) is 33.3 Å². The lowest BCUT2D eigenvalue weighted by molar-refractivity contribution is -0.244. The van der Waals surface area contributed by atoms with Gasteiger partial charge in [0, 0.05) is 19.4 Å². The lowest BCUT2D eigenvalue weighted by atomic mass is 10.1. The highest BCUT2D eigenvalue weighted by atomic mass is 16.8. The van der Waals surface area contributed by atoms with Crippen molar-refractivity contribution in [3.8, 4) is 0 Å². The minimum absolute atomic E-state index is 0.237. The molecule has 0 saturated heterocycles. The highest BCUT2D eigenvalue weighted by Gasteiger charge is 2.43. The van der Waals surface area contributed by atoms with Crippen LogP contribution in [0.3, 0.4) is 0 Å². The second kappa shape index (κ2) is 6.95. The van der Waals surface area contributed by atoms with E-state index in [1.54, 1.807) is 24.3 Å². The molecular formula is C16H16O7. The number of esters is 3. The van der Waals surface area contributed by atoms with Gasteiger partial charge in [-0.3, -0.25) is 9.59 Å². The summed E-state index contributed by atoms with van der Waals surface area (Å²) in [6.45, 7) is 1.62. The smallest absolute Gasteiger partial charge is 0.338 e.